The maximum atomic E-state index is 11.6. The number of carbonyl (C=O) groups excluding carboxylic acids is 1. The van der Waals surface area contributed by atoms with Crippen molar-refractivity contribution in [2.75, 3.05) is 24.8 Å². The number of nitrogens with one attached hydrogen (secondary N) is 1. The van der Waals surface area contributed by atoms with Crippen molar-refractivity contribution in [2.45, 2.75) is 0 Å². The number of hydrazine groups is 1. The minimum atomic E-state index is -0.653. The number of carbonyl (C=O) groups is 1. The van der Waals surface area contributed by atoms with Gasteiger partial charge in [-0.25, -0.2) is 5.01 Å². The van der Waals surface area contributed by atoms with Gasteiger partial charge in [0, 0.05) is 30.9 Å². The third kappa shape index (κ3) is 5.60. The zero-order chi connectivity index (χ0) is 15.0. The lowest BCUT2D eigenvalue weighted by molar-refractivity contribution is -0.402. The summed E-state index contributed by atoms with van der Waals surface area (Å²) in [5, 5.41) is 12.0. The summed E-state index contributed by atoms with van der Waals surface area (Å²) in [6.45, 7) is 0.917. The normalized spacial score (nSPS) is 11.2. The molecule has 1 heterocycles. The maximum absolute atomic E-state index is 11.6. The highest BCUT2D eigenvalue weighted by molar-refractivity contribution is 6.18. The van der Waals surface area contributed by atoms with Crippen LogP contribution in [0.5, 0.6) is 0 Å². The van der Waals surface area contributed by atoms with Crippen molar-refractivity contribution in [3.63, 3.8) is 0 Å². The van der Waals surface area contributed by atoms with Gasteiger partial charge in [-0.2, -0.15) is 0 Å². The van der Waals surface area contributed by atoms with Gasteiger partial charge in [-0.3, -0.25) is 20.3 Å². The van der Waals surface area contributed by atoms with Gasteiger partial charge < -0.3 is 4.42 Å². The molecule has 1 N–H and O–H groups in total. The molecule has 0 aliphatic rings. The number of alkyl halides is 2. The molecular weight excluding hydrogens is 309 g/mol. The highest BCUT2D eigenvalue weighted by atomic mass is 35.5. The first-order valence-corrected chi connectivity index (χ1v) is 6.73. The molecule has 0 aliphatic heterocycles. The third-order valence-corrected chi connectivity index (χ3v) is 2.51. The summed E-state index contributed by atoms with van der Waals surface area (Å²) in [7, 11) is 0. The molecule has 110 valence electrons. The average molecular weight is 322 g/mol. The molecule has 0 atom stereocenters. The smallest absolute Gasteiger partial charge is 0.401 e. The molecule has 0 spiro atoms. The van der Waals surface area contributed by atoms with Gasteiger partial charge in [0.1, 0.15) is 10.7 Å². The van der Waals surface area contributed by atoms with Gasteiger partial charge >= 0.3 is 5.88 Å². The summed E-state index contributed by atoms with van der Waals surface area (Å²) < 4.78 is 4.87. The summed E-state index contributed by atoms with van der Waals surface area (Å²) in [6.07, 6.45) is 2.54. The second-order valence-corrected chi connectivity index (χ2v) is 4.36. The highest BCUT2D eigenvalue weighted by Gasteiger charge is 2.10. The fourth-order valence-corrected chi connectivity index (χ4v) is 1.72. The molecule has 0 aliphatic carbocycles. The van der Waals surface area contributed by atoms with Gasteiger partial charge in [-0.1, -0.05) is 0 Å². The number of nitrogens with zero attached hydrogens (tertiary/aromatic N) is 2. The summed E-state index contributed by atoms with van der Waals surface area (Å²) in [5.41, 5.74) is 2.58. The van der Waals surface area contributed by atoms with E-state index in [2.05, 4.69) is 5.43 Å². The first kappa shape index (κ1) is 16.5. The molecule has 0 radical (unpaired) electrons. The van der Waals surface area contributed by atoms with Crippen LogP contribution in [0.1, 0.15) is 5.76 Å². The second kappa shape index (κ2) is 8.57. The number of halogens is 2. The Kier molecular flexibility index (Phi) is 7.06. The Labute approximate surface area is 125 Å². The van der Waals surface area contributed by atoms with E-state index in [-0.39, 0.29) is 11.6 Å². The maximum Gasteiger partial charge on any atom is 0.433 e. The van der Waals surface area contributed by atoms with Crippen LogP contribution in [-0.4, -0.2) is 40.7 Å². The first-order chi connectivity index (χ1) is 9.56. The Morgan fingerprint density at radius 2 is 2.05 bits per heavy atom. The van der Waals surface area contributed by atoms with E-state index in [1.54, 1.807) is 5.01 Å². The molecule has 0 bridgehead atoms. The summed E-state index contributed by atoms with van der Waals surface area (Å²) in [6, 6.07) is 2.61. The van der Waals surface area contributed by atoms with Gasteiger partial charge in [0.2, 0.25) is 0 Å². The molecule has 0 saturated carbocycles. The third-order valence-electron chi connectivity index (χ3n) is 2.17. The van der Waals surface area contributed by atoms with Crippen molar-refractivity contribution in [3.8, 4) is 0 Å². The highest BCUT2D eigenvalue weighted by Crippen LogP contribution is 2.16. The Morgan fingerprint density at radius 3 is 2.55 bits per heavy atom. The van der Waals surface area contributed by atoms with Gasteiger partial charge in [0.25, 0.3) is 5.91 Å². The van der Waals surface area contributed by atoms with E-state index in [0.29, 0.717) is 24.8 Å². The monoisotopic (exact) mass is 321 g/mol. The van der Waals surface area contributed by atoms with E-state index in [0.717, 1.165) is 0 Å². The second-order valence-electron chi connectivity index (χ2n) is 3.61. The van der Waals surface area contributed by atoms with Crippen LogP contribution in [0.15, 0.2) is 22.6 Å². The van der Waals surface area contributed by atoms with Gasteiger partial charge in [-0.15, -0.1) is 23.2 Å². The van der Waals surface area contributed by atoms with Crippen molar-refractivity contribution in [3.05, 3.63) is 34.1 Å². The largest absolute Gasteiger partial charge is 0.433 e. The van der Waals surface area contributed by atoms with Gasteiger partial charge in [0.15, 0.2) is 0 Å². The van der Waals surface area contributed by atoms with Crippen LogP contribution < -0.4 is 5.43 Å². The molecular formula is C11H13Cl2N3O4. The van der Waals surface area contributed by atoms with Crippen molar-refractivity contribution < 1.29 is 14.1 Å². The van der Waals surface area contributed by atoms with Crippen LogP contribution >= 0.6 is 23.2 Å². The summed E-state index contributed by atoms with van der Waals surface area (Å²) >= 11 is 11.2. The van der Waals surface area contributed by atoms with Crippen LogP contribution in [0.25, 0.3) is 6.08 Å². The molecule has 1 amide bonds. The number of hydrogen-bond donors (Lipinski definition) is 1. The minimum Gasteiger partial charge on any atom is -0.401 e. The lowest BCUT2D eigenvalue weighted by Crippen LogP contribution is -2.43. The van der Waals surface area contributed by atoms with E-state index in [1.165, 1.54) is 24.3 Å². The standard InChI is InChI=1S/C11H13Cl2N3O4/c12-5-7-15(8-6-13)14-10(17)3-1-9-2-4-11(20-9)16(18)19/h1-4H,5-8H2,(H,14,17)/b3-1+. The Bertz CT molecular complexity index is 484. The van der Waals surface area contributed by atoms with Crippen molar-refractivity contribution in [1.82, 2.24) is 10.4 Å². The fourth-order valence-electron chi connectivity index (χ4n) is 1.31. The van der Waals surface area contributed by atoms with Crippen molar-refractivity contribution >= 4 is 41.1 Å². The van der Waals surface area contributed by atoms with E-state index >= 15 is 0 Å². The summed E-state index contributed by atoms with van der Waals surface area (Å²) in [5.74, 6) is 0.139. The zero-order valence-electron chi connectivity index (χ0n) is 10.4. The topological polar surface area (TPSA) is 88.6 Å². The van der Waals surface area contributed by atoms with Crippen LogP contribution in [0.3, 0.4) is 0 Å². The van der Waals surface area contributed by atoms with Crippen LogP contribution in [-0.2, 0) is 4.79 Å². The number of nitro groups is 1. The lowest BCUT2D eigenvalue weighted by atomic mass is 10.4. The molecule has 1 rings (SSSR count). The minimum absolute atomic E-state index is 0.216. The fraction of sp³-hybridized carbons (Fsp3) is 0.364. The van der Waals surface area contributed by atoms with E-state index in [9.17, 15) is 14.9 Å². The number of hydrogen-bond acceptors (Lipinski definition) is 5. The van der Waals surface area contributed by atoms with E-state index in [4.69, 9.17) is 27.6 Å². The molecule has 0 aromatic carbocycles. The average Bonchev–Trinajstić information content (AvgIpc) is 2.86. The molecule has 20 heavy (non-hydrogen) atoms. The summed E-state index contributed by atoms with van der Waals surface area (Å²) in [4.78, 5) is 21.4. The molecule has 0 saturated heterocycles. The Hall–Kier alpha value is -1.57. The predicted molar refractivity (Wildman–Crippen MR) is 75.6 cm³/mol. The Balaban J connectivity index is 2.55. The molecule has 9 heteroatoms. The van der Waals surface area contributed by atoms with Gasteiger partial charge in [-0.05, 0) is 12.1 Å². The molecule has 0 unspecified atom stereocenters. The van der Waals surface area contributed by atoms with Gasteiger partial charge in [0.05, 0.1) is 6.07 Å². The lowest BCUT2D eigenvalue weighted by Gasteiger charge is -2.19. The molecule has 1 aromatic rings. The van der Waals surface area contributed by atoms with Crippen molar-refractivity contribution in [2.24, 2.45) is 0 Å². The molecule has 7 nitrogen and oxygen atoms in total. The Morgan fingerprint density at radius 1 is 1.40 bits per heavy atom. The number of furan rings is 1. The SMILES string of the molecule is O=C(/C=C/c1ccc([N+](=O)[O-])o1)NN(CCCl)CCCl. The van der Waals surface area contributed by atoms with E-state index in [1.807, 2.05) is 0 Å². The first-order valence-electron chi connectivity index (χ1n) is 5.66. The van der Waals surface area contributed by atoms with E-state index < -0.39 is 10.8 Å². The number of amides is 1. The predicted octanol–water partition coefficient (Wildman–Crippen LogP) is 2.01. The van der Waals surface area contributed by atoms with Crippen LogP contribution in [0, 0.1) is 10.1 Å². The van der Waals surface area contributed by atoms with Crippen LogP contribution in [0.2, 0.25) is 0 Å². The quantitative estimate of drug-likeness (QED) is 0.342. The zero-order valence-corrected chi connectivity index (χ0v) is 11.9. The van der Waals surface area contributed by atoms with Crippen molar-refractivity contribution in [1.29, 1.82) is 0 Å². The number of rotatable bonds is 8. The molecule has 0 fully saturated rings. The molecule has 1 aromatic heterocycles. The van der Waals surface area contributed by atoms with Crippen LogP contribution in [0.4, 0.5) is 5.88 Å².